The monoisotopic (exact) mass is 290 g/mol. The van der Waals surface area contributed by atoms with E-state index >= 15 is 0 Å². The van der Waals surface area contributed by atoms with Gasteiger partial charge in [-0.2, -0.15) is 0 Å². The molecule has 20 heavy (non-hydrogen) atoms. The average molecular weight is 290 g/mol. The Hall–Kier alpha value is -1.46. The number of hydrogen-bond acceptors (Lipinski definition) is 5. The van der Waals surface area contributed by atoms with Gasteiger partial charge in [-0.15, -0.1) is 11.3 Å². The molecule has 0 aliphatic rings. The van der Waals surface area contributed by atoms with E-state index in [4.69, 9.17) is 0 Å². The minimum absolute atomic E-state index is 0.398. The van der Waals surface area contributed by atoms with Crippen LogP contribution in [0.15, 0.2) is 29.9 Å². The molecule has 2 rings (SSSR count). The first kappa shape index (κ1) is 14.9. The van der Waals surface area contributed by atoms with Crippen molar-refractivity contribution in [3.8, 4) is 0 Å². The van der Waals surface area contributed by atoms with Crippen LogP contribution in [-0.4, -0.2) is 28.5 Å². The Morgan fingerprint density at radius 2 is 2.20 bits per heavy atom. The van der Waals surface area contributed by atoms with Crippen molar-refractivity contribution in [3.63, 3.8) is 0 Å². The number of anilines is 1. The average Bonchev–Trinajstić information content (AvgIpc) is 3.00. The van der Waals surface area contributed by atoms with E-state index in [1.165, 1.54) is 4.88 Å². The highest BCUT2D eigenvalue weighted by Gasteiger charge is 2.13. The van der Waals surface area contributed by atoms with Crippen LogP contribution in [0.5, 0.6) is 0 Å². The molecular formula is C15H22N4S. The lowest BCUT2D eigenvalue weighted by molar-refractivity contribution is 0.253. The highest BCUT2D eigenvalue weighted by Crippen LogP contribution is 2.24. The van der Waals surface area contributed by atoms with E-state index in [2.05, 4.69) is 58.6 Å². The van der Waals surface area contributed by atoms with E-state index in [0.717, 1.165) is 31.0 Å². The fraction of sp³-hybridized carbons (Fsp3) is 0.467. The van der Waals surface area contributed by atoms with Crippen LogP contribution in [0.2, 0.25) is 0 Å². The lowest BCUT2D eigenvalue weighted by atomic mass is 10.2. The molecule has 0 aliphatic heterocycles. The Bertz CT molecular complexity index is 495. The van der Waals surface area contributed by atoms with Gasteiger partial charge in [-0.3, -0.25) is 9.88 Å². The summed E-state index contributed by atoms with van der Waals surface area (Å²) >= 11 is 1.79. The van der Waals surface area contributed by atoms with Crippen LogP contribution in [0.4, 0.5) is 5.82 Å². The molecule has 0 radical (unpaired) electrons. The summed E-state index contributed by atoms with van der Waals surface area (Å²) in [6.45, 7) is 6.09. The van der Waals surface area contributed by atoms with Crippen molar-refractivity contribution in [3.05, 3.63) is 40.5 Å². The van der Waals surface area contributed by atoms with Crippen molar-refractivity contribution in [2.24, 2.45) is 0 Å². The lowest BCUT2D eigenvalue weighted by Crippen LogP contribution is -2.22. The van der Waals surface area contributed by atoms with Gasteiger partial charge < -0.3 is 5.32 Å². The van der Waals surface area contributed by atoms with Gasteiger partial charge in [0.2, 0.25) is 0 Å². The fourth-order valence-electron chi connectivity index (χ4n) is 1.92. The number of aromatic nitrogens is 2. The first-order valence-electron chi connectivity index (χ1n) is 6.99. The van der Waals surface area contributed by atoms with Crippen molar-refractivity contribution in [1.29, 1.82) is 0 Å². The number of hydrogen-bond donors (Lipinski definition) is 1. The molecule has 0 bridgehead atoms. The molecule has 2 heterocycles. The van der Waals surface area contributed by atoms with E-state index < -0.39 is 0 Å². The first-order chi connectivity index (χ1) is 9.70. The molecule has 0 saturated heterocycles. The van der Waals surface area contributed by atoms with Crippen molar-refractivity contribution in [2.45, 2.75) is 32.9 Å². The van der Waals surface area contributed by atoms with Crippen LogP contribution in [-0.2, 0) is 6.54 Å². The summed E-state index contributed by atoms with van der Waals surface area (Å²) in [5, 5.41) is 5.35. The summed E-state index contributed by atoms with van der Waals surface area (Å²) in [4.78, 5) is 12.5. The van der Waals surface area contributed by atoms with Gasteiger partial charge in [0.25, 0.3) is 0 Å². The largest absolute Gasteiger partial charge is 0.369 e. The minimum atomic E-state index is 0.398. The van der Waals surface area contributed by atoms with Crippen LogP contribution >= 0.6 is 11.3 Å². The molecule has 5 heteroatoms. The molecular weight excluding hydrogens is 268 g/mol. The van der Waals surface area contributed by atoms with Gasteiger partial charge in [0.1, 0.15) is 5.82 Å². The zero-order chi connectivity index (χ0) is 14.4. The number of rotatable bonds is 7. The van der Waals surface area contributed by atoms with E-state index in [1.54, 1.807) is 11.3 Å². The van der Waals surface area contributed by atoms with Crippen molar-refractivity contribution >= 4 is 17.2 Å². The highest BCUT2D eigenvalue weighted by atomic mass is 32.1. The first-order valence-corrected chi connectivity index (χ1v) is 7.87. The van der Waals surface area contributed by atoms with Crippen LogP contribution in [0.1, 0.15) is 36.9 Å². The zero-order valence-electron chi connectivity index (χ0n) is 12.3. The summed E-state index contributed by atoms with van der Waals surface area (Å²) < 4.78 is 0. The van der Waals surface area contributed by atoms with E-state index in [1.807, 2.05) is 12.4 Å². The second kappa shape index (κ2) is 7.36. The maximum Gasteiger partial charge on any atom is 0.144 e. The summed E-state index contributed by atoms with van der Waals surface area (Å²) in [6, 6.07) is 4.67. The Balaban J connectivity index is 1.92. The molecule has 1 atom stereocenters. The van der Waals surface area contributed by atoms with Gasteiger partial charge in [0.05, 0.1) is 18.1 Å². The van der Waals surface area contributed by atoms with E-state index in [0.29, 0.717) is 6.04 Å². The second-order valence-corrected chi connectivity index (χ2v) is 5.91. The third kappa shape index (κ3) is 4.02. The molecule has 108 valence electrons. The Morgan fingerprint density at radius 1 is 1.35 bits per heavy atom. The fourth-order valence-corrected chi connectivity index (χ4v) is 2.77. The molecule has 0 spiro atoms. The molecule has 0 fully saturated rings. The molecule has 0 saturated carbocycles. The van der Waals surface area contributed by atoms with Crippen LogP contribution in [0.25, 0.3) is 0 Å². The van der Waals surface area contributed by atoms with Gasteiger partial charge in [-0.05, 0) is 31.8 Å². The van der Waals surface area contributed by atoms with Crippen molar-refractivity contribution in [1.82, 2.24) is 14.9 Å². The van der Waals surface area contributed by atoms with Crippen LogP contribution in [0, 0.1) is 0 Å². The summed E-state index contributed by atoms with van der Waals surface area (Å²) in [5.74, 6) is 0.851. The summed E-state index contributed by atoms with van der Waals surface area (Å²) in [7, 11) is 2.12. The number of nitrogens with zero attached hydrogens (tertiary/aromatic N) is 3. The highest BCUT2D eigenvalue weighted by molar-refractivity contribution is 7.10. The molecule has 0 aromatic carbocycles. The maximum atomic E-state index is 4.47. The predicted octanol–water partition coefficient (Wildman–Crippen LogP) is 3.55. The van der Waals surface area contributed by atoms with Crippen molar-refractivity contribution < 1.29 is 0 Å². The molecule has 0 aliphatic carbocycles. The molecule has 1 unspecified atom stereocenters. The maximum absolute atomic E-state index is 4.47. The van der Waals surface area contributed by atoms with Gasteiger partial charge in [-0.25, -0.2) is 4.98 Å². The van der Waals surface area contributed by atoms with Gasteiger partial charge >= 0.3 is 0 Å². The third-order valence-corrected chi connectivity index (χ3v) is 4.33. The SMILES string of the molecule is CCCNc1cnc(CN(C)C(C)c2cccs2)cn1. The zero-order valence-corrected chi connectivity index (χ0v) is 13.2. The smallest absolute Gasteiger partial charge is 0.144 e. The second-order valence-electron chi connectivity index (χ2n) is 4.93. The standard InChI is InChI=1S/C15H22N4S/c1-4-7-16-15-10-17-13(9-18-15)11-19(3)12(2)14-6-5-8-20-14/h5-6,8-10,12H,4,7,11H2,1-3H3,(H,16,18). The Labute approximate surface area is 124 Å². The molecule has 1 N–H and O–H groups in total. The molecule has 4 nitrogen and oxygen atoms in total. The summed E-state index contributed by atoms with van der Waals surface area (Å²) in [5.41, 5.74) is 0.998. The topological polar surface area (TPSA) is 41.1 Å². The molecule has 2 aromatic heterocycles. The van der Waals surface area contributed by atoms with Gasteiger partial charge in [0.15, 0.2) is 0 Å². The number of nitrogens with one attached hydrogen (secondary N) is 1. The van der Waals surface area contributed by atoms with Gasteiger partial charge in [0, 0.05) is 24.0 Å². The van der Waals surface area contributed by atoms with Crippen LogP contribution < -0.4 is 5.32 Å². The molecule has 2 aromatic rings. The van der Waals surface area contributed by atoms with Crippen LogP contribution in [0.3, 0.4) is 0 Å². The quantitative estimate of drug-likeness (QED) is 0.846. The lowest BCUT2D eigenvalue weighted by Gasteiger charge is -2.23. The van der Waals surface area contributed by atoms with E-state index in [9.17, 15) is 0 Å². The predicted molar refractivity (Wildman–Crippen MR) is 85.0 cm³/mol. The normalized spacial score (nSPS) is 12.6. The third-order valence-electron chi connectivity index (χ3n) is 3.29. The van der Waals surface area contributed by atoms with E-state index in [-0.39, 0.29) is 0 Å². The Morgan fingerprint density at radius 3 is 2.80 bits per heavy atom. The number of thiophene rings is 1. The summed E-state index contributed by atoms with van der Waals surface area (Å²) in [6.07, 6.45) is 4.76. The van der Waals surface area contributed by atoms with Crippen molar-refractivity contribution in [2.75, 3.05) is 18.9 Å². The Kier molecular flexibility index (Phi) is 5.49. The van der Waals surface area contributed by atoms with Gasteiger partial charge in [-0.1, -0.05) is 13.0 Å². The molecule has 0 amide bonds. The minimum Gasteiger partial charge on any atom is -0.369 e.